The van der Waals surface area contributed by atoms with Crippen molar-refractivity contribution in [3.63, 3.8) is 0 Å². The van der Waals surface area contributed by atoms with Gasteiger partial charge in [0.1, 0.15) is 5.82 Å². The van der Waals surface area contributed by atoms with E-state index >= 15 is 0 Å². The van der Waals surface area contributed by atoms with E-state index in [0.717, 1.165) is 34.4 Å². The minimum atomic E-state index is -4.35. The average Bonchev–Trinajstić information content (AvgIpc) is 2.88. The maximum atomic E-state index is 13.2. The summed E-state index contributed by atoms with van der Waals surface area (Å²) in [5, 5.41) is 0.897. The van der Waals surface area contributed by atoms with E-state index in [-0.39, 0.29) is 5.39 Å². The smallest absolute Gasteiger partial charge is 0.331 e. The third-order valence-corrected chi connectivity index (χ3v) is 4.18. The third kappa shape index (κ3) is 1.46. The van der Waals surface area contributed by atoms with Gasteiger partial charge in [-0.25, -0.2) is 4.98 Å². The summed E-state index contributed by atoms with van der Waals surface area (Å²) in [6.45, 7) is 1.89. The van der Waals surface area contributed by atoms with Crippen LogP contribution >= 0.6 is 0 Å². The van der Waals surface area contributed by atoms with Gasteiger partial charge < -0.3 is 4.57 Å². The number of nitrogens with zero attached hydrogens (tertiary/aromatic N) is 2. The third-order valence-electron chi connectivity index (χ3n) is 4.18. The molecular weight excluding hydrogens is 277 g/mol. The zero-order chi connectivity index (χ0) is 14.9. The van der Waals surface area contributed by atoms with Crippen molar-refractivity contribution in [3.8, 4) is 22.5 Å². The molecule has 5 heteroatoms. The number of hydrogen-bond donors (Lipinski definition) is 0. The molecule has 0 atom stereocenters. The van der Waals surface area contributed by atoms with Gasteiger partial charge in [0.2, 0.25) is 0 Å². The number of hydrogen-bond acceptors (Lipinski definition) is 1. The minimum absolute atomic E-state index is 0.244. The highest BCUT2D eigenvalue weighted by atomic mass is 19.4. The molecule has 106 valence electrons. The summed E-state index contributed by atoms with van der Waals surface area (Å²) in [5.41, 5.74) is 2.69. The highest BCUT2D eigenvalue weighted by molar-refractivity contribution is 6.14. The van der Waals surface area contributed by atoms with Gasteiger partial charge in [-0.05, 0) is 18.4 Å². The minimum Gasteiger partial charge on any atom is -0.331 e. The molecular formula is C16H11F3N2. The van der Waals surface area contributed by atoms with E-state index < -0.39 is 11.7 Å². The van der Waals surface area contributed by atoms with Crippen LogP contribution in [-0.4, -0.2) is 9.55 Å². The quantitative estimate of drug-likeness (QED) is 0.464. The average molecular weight is 288 g/mol. The molecule has 1 aliphatic rings. The summed E-state index contributed by atoms with van der Waals surface area (Å²) >= 11 is 0. The molecule has 0 amide bonds. The lowest BCUT2D eigenvalue weighted by Crippen LogP contribution is -2.05. The largest absolute Gasteiger partial charge is 0.417 e. The molecule has 0 saturated heterocycles. The molecule has 0 saturated carbocycles. The number of benzene rings is 2. The lowest BCUT2D eigenvalue weighted by Gasteiger charge is -2.12. The number of alkyl halides is 3. The van der Waals surface area contributed by atoms with Crippen LogP contribution in [0.3, 0.4) is 0 Å². The van der Waals surface area contributed by atoms with Gasteiger partial charge in [-0.3, -0.25) is 0 Å². The van der Waals surface area contributed by atoms with E-state index in [1.807, 2.05) is 24.6 Å². The van der Waals surface area contributed by atoms with Gasteiger partial charge >= 0.3 is 6.18 Å². The molecule has 0 N–H and O–H groups in total. The van der Waals surface area contributed by atoms with Crippen molar-refractivity contribution < 1.29 is 13.2 Å². The van der Waals surface area contributed by atoms with Gasteiger partial charge in [0.05, 0.1) is 17.0 Å². The van der Waals surface area contributed by atoms with Crippen LogP contribution in [0.4, 0.5) is 13.2 Å². The Bertz CT molecular complexity index is 904. The molecule has 1 aliphatic carbocycles. The van der Waals surface area contributed by atoms with Crippen molar-refractivity contribution in [2.45, 2.75) is 13.1 Å². The van der Waals surface area contributed by atoms with Crippen LogP contribution in [0.15, 0.2) is 30.3 Å². The van der Waals surface area contributed by atoms with Crippen molar-refractivity contribution in [2.75, 3.05) is 0 Å². The van der Waals surface area contributed by atoms with Gasteiger partial charge in [-0.15, -0.1) is 0 Å². The topological polar surface area (TPSA) is 17.8 Å². The van der Waals surface area contributed by atoms with Crippen LogP contribution in [0.5, 0.6) is 0 Å². The zero-order valence-corrected chi connectivity index (χ0v) is 11.4. The van der Waals surface area contributed by atoms with E-state index in [1.54, 1.807) is 6.07 Å². The maximum Gasteiger partial charge on any atom is 0.417 e. The standard InChI is InChI=1S/C16H11F3N2/c1-8-20-14-10-6-7-12(16(17,18)19)9-4-3-5-11(13(9)10)15(14)21(8)2/h3-7H,1-2H3. The van der Waals surface area contributed by atoms with Crippen LogP contribution < -0.4 is 0 Å². The Hall–Kier alpha value is -2.30. The summed E-state index contributed by atoms with van der Waals surface area (Å²) < 4.78 is 41.5. The van der Waals surface area contributed by atoms with Gasteiger partial charge in [0, 0.05) is 23.6 Å². The monoisotopic (exact) mass is 288 g/mol. The van der Waals surface area contributed by atoms with Crippen LogP contribution in [0.25, 0.3) is 33.3 Å². The van der Waals surface area contributed by atoms with Crippen LogP contribution in [0, 0.1) is 6.92 Å². The molecule has 21 heavy (non-hydrogen) atoms. The fraction of sp³-hybridized carbons (Fsp3) is 0.188. The number of aryl methyl sites for hydroxylation is 1. The zero-order valence-electron chi connectivity index (χ0n) is 11.4. The first-order valence-corrected chi connectivity index (χ1v) is 6.56. The first-order chi connectivity index (χ1) is 9.89. The normalized spacial score (nSPS) is 13.0. The molecule has 0 aliphatic heterocycles. The first kappa shape index (κ1) is 12.4. The highest BCUT2D eigenvalue weighted by Crippen LogP contribution is 2.49. The van der Waals surface area contributed by atoms with Crippen LogP contribution in [0.1, 0.15) is 11.4 Å². The lowest BCUT2D eigenvalue weighted by molar-refractivity contribution is -0.136. The summed E-state index contributed by atoms with van der Waals surface area (Å²) in [4.78, 5) is 4.50. The fourth-order valence-corrected chi connectivity index (χ4v) is 3.16. The second-order valence-electron chi connectivity index (χ2n) is 5.30. The molecule has 1 aromatic heterocycles. The summed E-state index contributed by atoms with van der Waals surface area (Å²) in [7, 11) is 1.89. The molecule has 0 bridgehead atoms. The molecule has 2 aromatic carbocycles. The number of imidazole rings is 1. The van der Waals surface area contributed by atoms with Crippen molar-refractivity contribution in [2.24, 2.45) is 7.05 Å². The Morgan fingerprint density at radius 2 is 1.81 bits per heavy atom. The second kappa shape index (κ2) is 3.67. The van der Waals surface area contributed by atoms with E-state index in [2.05, 4.69) is 4.98 Å². The van der Waals surface area contributed by atoms with E-state index in [0.29, 0.717) is 5.39 Å². The van der Waals surface area contributed by atoms with Crippen LogP contribution in [0.2, 0.25) is 0 Å². The summed E-state index contributed by atoms with van der Waals surface area (Å²) in [6, 6.07) is 7.75. The van der Waals surface area contributed by atoms with Gasteiger partial charge in [0.15, 0.2) is 0 Å². The Morgan fingerprint density at radius 1 is 1.05 bits per heavy atom. The van der Waals surface area contributed by atoms with E-state index in [9.17, 15) is 13.2 Å². The van der Waals surface area contributed by atoms with Crippen molar-refractivity contribution in [3.05, 3.63) is 41.7 Å². The Labute approximate surface area is 118 Å². The molecule has 3 aromatic rings. The van der Waals surface area contributed by atoms with Crippen molar-refractivity contribution in [1.82, 2.24) is 9.55 Å². The lowest BCUT2D eigenvalue weighted by atomic mass is 9.99. The summed E-state index contributed by atoms with van der Waals surface area (Å²) in [6.07, 6.45) is -4.35. The number of fused-ring (bicyclic) bond motifs is 3. The molecule has 0 radical (unpaired) electrons. The molecule has 0 spiro atoms. The van der Waals surface area contributed by atoms with Gasteiger partial charge in [-0.1, -0.05) is 24.3 Å². The van der Waals surface area contributed by atoms with Crippen LogP contribution in [-0.2, 0) is 13.2 Å². The van der Waals surface area contributed by atoms with E-state index in [4.69, 9.17) is 0 Å². The number of aromatic nitrogens is 2. The Balaban J connectivity index is 2.17. The second-order valence-corrected chi connectivity index (χ2v) is 5.30. The van der Waals surface area contributed by atoms with Crippen molar-refractivity contribution in [1.29, 1.82) is 0 Å². The highest BCUT2D eigenvalue weighted by Gasteiger charge is 2.35. The number of rotatable bonds is 0. The predicted molar refractivity (Wildman–Crippen MR) is 74.9 cm³/mol. The molecule has 4 rings (SSSR count). The van der Waals surface area contributed by atoms with E-state index in [1.165, 1.54) is 12.1 Å². The van der Waals surface area contributed by atoms with Crippen molar-refractivity contribution >= 4 is 10.8 Å². The Kier molecular flexibility index (Phi) is 2.17. The SMILES string of the molecule is Cc1nc2c(n1C)-c1cccc3c(C(F)(F)F)ccc-2c13. The molecule has 2 nitrogen and oxygen atoms in total. The first-order valence-electron chi connectivity index (χ1n) is 6.56. The predicted octanol–water partition coefficient (Wildman–Crippen LogP) is 4.55. The number of halogens is 3. The molecule has 0 fully saturated rings. The maximum absolute atomic E-state index is 13.2. The van der Waals surface area contributed by atoms with Gasteiger partial charge in [0.25, 0.3) is 0 Å². The molecule has 1 heterocycles. The summed E-state index contributed by atoms with van der Waals surface area (Å²) in [5.74, 6) is 0.850. The Morgan fingerprint density at radius 3 is 2.52 bits per heavy atom. The molecule has 0 unspecified atom stereocenters. The fourth-order valence-electron chi connectivity index (χ4n) is 3.16. The van der Waals surface area contributed by atoms with Gasteiger partial charge in [-0.2, -0.15) is 13.2 Å².